The minimum atomic E-state index is -0.615. The number of fused-ring (bicyclic) bond motifs is 1. The van der Waals surface area contributed by atoms with E-state index in [2.05, 4.69) is 0 Å². The number of amides is 3. The van der Waals surface area contributed by atoms with Crippen LogP contribution >= 0.6 is 0 Å². The van der Waals surface area contributed by atoms with Crippen molar-refractivity contribution >= 4 is 35.1 Å². The summed E-state index contributed by atoms with van der Waals surface area (Å²) < 4.78 is 5.56. The molecular formula is C27H22N2O5. The molecule has 5 rings (SSSR count). The summed E-state index contributed by atoms with van der Waals surface area (Å²) in [6.07, 6.45) is 0.0598. The van der Waals surface area contributed by atoms with Crippen molar-refractivity contribution in [3.63, 3.8) is 0 Å². The largest absolute Gasteiger partial charge is 0.426 e. The number of carbonyl (C=O) groups is 4. The van der Waals surface area contributed by atoms with Gasteiger partial charge in [0.05, 0.1) is 22.7 Å². The lowest BCUT2D eigenvalue weighted by Gasteiger charge is -2.19. The summed E-state index contributed by atoms with van der Waals surface area (Å²) in [5.41, 5.74) is 3.85. The number of ether oxygens (including phenoxy) is 1. The molecular weight excluding hydrogens is 432 g/mol. The van der Waals surface area contributed by atoms with E-state index >= 15 is 0 Å². The Balaban J connectivity index is 1.32. The first-order valence-electron chi connectivity index (χ1n) is 11.0. The number of imide groups is 1. The fourth-order valence-electron chi connectivity index (χ4n) is 4.52. The molecule has 2 aliphatic heterocycles. The lowest BCUT2D eigenvalue weighted by molar-refractivity contribution is -0.139. The smallest absolute Gasteiger partial charge is 0.316 e. The molecule has 0 radical (unpaired) electrons. The van der Waals surface area contributed by atoms with Gasteiger partial charge in [0.15, 0.2) is 0 Å². The Bertz CT molecular complexity index is 1330. The molecule has 0 aliphatic carbocycles. The van der Waals surface area contributed by atoms with Crippen LogP contribution in [0.4, 0.5) is 11.4 Å². The third-order valence-corrected chi connectivity index (χ3v) is 6.19. The quantitative estimate of drug-likeness (QED) is 0.337. The van der Waals surface area contributed by atoms with Gasteiger partial charge in [-0.1, -0.05) is 35.9 Å². The van der Waals surface area contributed by atoms with Crippen LogP contribution in [0.2, 0.25) is 0 Å². The van der Waals surface area contributed by atoms with Crippen molar-refractivity contribution in [3.05, 3.63) is 89.0 Å². The van der Waals surface area contributed by atoms with E-state index in [-0.39, 0.29) is 24.6 Å². The molecule has 0 spiro atoms. The summed E-state index contributed by atoms with van der Waals surface area (Å²) >= 11 is 0. The second-order valence-electron chi connectivity index (χ2n) is 8.61. The predicted molar refractivity (Wildman–Crippen MR) is 126 cm³/mol. The highest BCUT2D eigenvalue weighted by Gasteiger charge is 2.38. The molecule has 0 unspecified atom stereocenters. The maximum atomic E-state index is 12.9. The van der Waals surface area contributed by atoms with Crippen LogP contribution in [0.3, 0.4) is 0 Å². The van der Waals surface area contributed by atoms with Crippen LogP contribution in [-0.2, 0) is 9.59 Å². The number of nitrogens with zero attached hydrogens (tertiary/aromatic N) is 2. The van der Waals surface area contributed by atoms with Crippen molar-refractivity contribution in [2.45, 2.75) is 20.3 Å². The highest BCUT2D eigenvalue weighted by Crippen LogP contribution is 2.32. The zero-order valence-corrected chi connectivity index (χ0v) is 18.8. The molecule has 1 atom stereocenters. The molecule has 3 aromatic carbocycles. The van der Waals surface area contributed by atoms with Crippen LogP contribution in [-0.4, -0.2) is 30.2 Å². The number of esters is 1. The topological polar surface area (TPSA) is 84.0 Å². The maximum Gasteiger partial charge on any atom is 0.316 e. The minimum absolute atomic E-state index is 0.0598. The summed E-state index contributed by atoms with van der Waals surface area (Å²) in [5, 5.41) is 0. The first-order chi connectivity index (χ1) is 16.3. The van der Waals surface area contributed by atoms with Crippen LogP contribution < -0.4 is 14.5 Å². The summed E-state index contributed by atoms with van der Waals surface area (Å²) in [7, 11) is 0. The van der Waals surface area contributed by atoms with E-state index in [4.69, 9.17) is 4.74 Å². The highest BCUT2D eigenvalue weighted by atomic mass is 16.5. The lowest BCUT2D eigenvalue weighted by atomic mass is 10.1. The molecule has 0 aromatic heterocycles. The maximum absolute atomic E-state index is 12.9. The van der Waals surface area contributed by atoms with Gasteiger partial charge < -0.3 is 9.64 Å². The average molecular weight is 454 g/mol. The Morgan fingerprint density at radius 1 is 0.882 bits per heavy atom. The second kappa shape index (κ2) is 8.26. The number of carbonyl (C=O) groups excluding carboxylic acids is 4. The second-order valence-corrected chi connectivity index (χ2v) is 8.61. The van der Waals surface area contributed by atoms with Gasteiger partial charge in [0.1, 0.15) is 5.75 Å². The Morgan fingerprint density at radius 2 is 1.59 bits per heavy atom. The van der Waals surface area contributed by atoms with Gasteiger partial charge in [0.2, 0.25) is 5.91 Å². The number of hydrogen-bond donors (Lipinski definition) is 0. The third-order valence-electron chi connectivity index (χ3n) is 6.19. The van der Waals surface area contributed by atoms with E-state index in [1.54, 1.807) is 47.4 Å². The number of rotatable bonds is 4. The van der Waals surface area contributed by atoms with Crippen LogP contribution in [0.25, 0.3) is 0 Å². The zero-order chi connectivity index (χ0) is 24.0. The third kappa shape index (κ3) is 3.65. The molecule has 3 aromatic rings. The summed E-state index contributed by atoms with van der Waals surface area (Å²) in [4.78, 5) is 53.7. The monoisotopic (exact) mass is 454 g/mol. The van der Waals surface area contributed by atoms with Gasteiger partial charge in [0.25, 0.3) is 11.8 Å². The molecule has 1 fully saturated rings. The van der Waals surface area contributed by atoms with Gasteiger partial charge in [-0.05, 0) is 49.7 Å². The molecule has 34 heavy (non-hydrogen) atoms. The van der Waals surface area contributed by atoms with E-state index in [1.165, 1.54) is 6.07 Å². The number of benzene rings is 3. The fraction of sp³-hybridized carbons (Fsp3) is 0.185. The van der Waals surface area contributed by atoms with Crippen LogP contribution in [0, 0.1) is 19.8 Å². The molecule has 2 heterocycles. The van der Waals surface area contributed by atoms with E-state index in [9.17, 15) is 19.2 Å². The lowest BCUT2D eigenvalue weighted by Crippen LogP contribution is -2.29. The van der Waals surface area contributed by atoms with Gasteiger partial charge in [0, 0.05) is 24.7 Å². The number of hydrogen-bond acceptors (Lipinski definition) is 5. The summed E-state index contributed by atoms with van der Waals surface area (Å²) in [5.74, 6) is -1.91. The first kappa shape index (κ1) is 21.6. The Hall–Kier alpha value is -4.26. The van der Waals surface area contributed by atoms with Crippen molar-refractivity contribution in [3.8, 4) is 5.75 Å². The molecule has 0 saturated carbocycles. The van der Waals surface area contributed by atoms with Gasteiger partial charge in [-0.2, -0.15) is 0 Å². The molecule has 7 nitrogen and oxygen atoms in total. The summed E-state index contributed by atoms with van der Waals surface area (Å²) in [6, 6.07) is 18.7. The van der Waals surface area contributed by atoms with Crippen LogP contribution in [0.1, 0.15) is 38.3 Å². The molecule has 0 bridgehead atoms. The number of anilines is 2. The first-order valence-corrected chi connectivity index (χ1v) is 11.0. The normalized spacial score (nSPS) is 17.4. The van der Waals surface area contributed by atoms with E-state index in [1.807, 2.05) is 32.0 Å². The van der Waals surface area contributed by atoms with E-state index in [0.717, 1.165) is 21.7 Å². The number of aryl methyl sites for hydroxylation is 2. The Labute approximate surface area is 196 Å². The van der Waals surface area contributed by atoms with E-state index < -0.39 is 23.7 Å². The SMILES string of the molecule is Cc1ccc(N2C[C@@H](C(=O)Oc3cccc(N4C(=O)c5ccccc5C4=O)c3)CC2=O)c(C)c1. The van der Waals surface area contributed by atoms with Crippen molar-refractivity contribution < 1.29 is 23.9 Å². The standard InChI is InChI=1S/C27H22N2O5/c1-16-10-11-23(17(2)12-16)28-15-18(13-24(28)30)27(33)34-20-7-5-6-19(14-20)29-25(31)21-8-3-4-9-22(21)26(29)32/h3-12,14,18H,13,15H2,1-2H3/t18-/m0/s1. The highest BCUT2D eigenvalue weighted by molar-refractivity contribution is 6.34. The van der Waals surface area contributed by atoms with Gasteiger partial charge in [-0.25, -0.2) is 4.90 Å². The molecule has 7 heteroatoms. The van der Waals surface area contributed by atoms with Crippen molar-refractivity contribution in [2.24, 2.45) is 5.92 Å². The van der Waals surface area contributed by atoms with Crippen molar-refractivity contribution in [2.75, 3.05) is 16.3 Å². The molecule has 0 N–H and O–H groups in total. The zero-order valence-electron chi connectivity index (χ0n) is 18.8. The molecule has 2 aliphatic rings. The minimum Gasteiger partial charge on any atom is -0.426 e. The molecule has 1 saturated heterocycles. The Kier molecular flexibility index (Phi) is 5.24. The van der Waals surface area contributed by atoms with Gasteiger partial charge >= 0.3 is 5.97 Å². The fourth-order valence-corrected chi connectivity index (χ4v) is 4.52. The van der Waals surface area contributed by atoms with Gasteiger partial charge in [-0.3, -0.25) is 19.2 Å². The summed E-state index contributed by atoms with van der Waals surface area (Å²) in [6.45, 7) is 4.16. The van der Waals surface area contributed by atoms with E-state index in [0.29, 0.717) is 16.8 Å². The molecule has 170 valence electrons. The van der Waals surface area contributed by atoms with Crippen molar-refractivity contribution in [1.82, 2.24) is 0 Å². The average Bonchev–Trinajstić information content (AvgIpc) is 3.32. The van der Waals surface area contributed by atoms with Crippen molar-refractivity contribution in [1.29, 1.82) is 0 Å². The van der Waals surface area contributed by atoms with Gasteiger partial charge in [-0.15, -0.1) is 0 Å². The van der Waals surface area contributed by atoms with Crippen LogP contribution in [0.5, 0.6) is 5.75 Å². The predicted octanol–water partition coefficient (Wildman–Crippen LogP) is 4.06. The Morgan fingerprint density at radius 3 is 2.26 bits per heavy atom. The molecule has 3 amide bonds. The van der Waals surface area contributed by atoms with Crippen LogP contribution in [0.15, 0.2) is 66.7 Å².